The van der Waals surface area contributed by atoms with Crippen LogP contribution in [0.15, 0.2) is 0 Å². The largest absolute Gasteiger partial charge is 0.330 e. The molecule has 0 aromatic carbocycles. The van der Waals surface area contributed by atoms with Crippen LogP contribution in [0.2, 0.25) is 0 Å². The molecule has 2 unspecified atom stereocenters. The van der Waals surface area contributed by atoms with Gasteiger partial charge in [-0.2, -0.15) is 0 Å². The van der Waals surface area contributed by atoms with Crippen LogP contribution in [0.25, 0.3) is 0 Å². The highest BCUT2D eigenvalue weighted by atomic mass is 32.2. The van der Waals surface area contributed by atoms with Crippen molar-refractivity contribution >= 4 is 9.84 Å². The Bertz CT molecular complexity index is 277. The van der Waals surface area contributed by atoms with E-state index in [4.69, 9.17) is 5.73 Å². The Kier molecular flexibility index (Phi) is 5.02. The van der Waals surface area contributed by atoms with Crippen LogP contribution in [0.5, 0.6) is 0 Å². The van der Waals surface area contributed by atoms with Gasteiger partial charge in [0.2, 0.25) is 0 Å². The Morgan fingerprint density at radius 2 is 2.13 bits per heavy atom. The molecule has 2 atom stereocenters. The maximum Gasteiger partial charge on any atom is 0.150 e. The van der Waals surface area contributed by atoms with Crippen LogP contribution >= 0.6 is 0 Å². The molecule has 0 saturated heterocycles. The maximum atomic E-state index is 11.4. The molecule has 1 fully saturated rings. The van der Waals surface area contributed by atoms with E-state index in [-0.39, 0.29) is 5.25 Å². The van der Waals surface area contributed by atoms with Gasteiger partial charge >= 0.3 is 0 Å². The summed E-state index contributed by atoms with van der Waals surface area (Å²) in [5, 5.41) is 3.24. The first-order chi connectivity index (χ1) is 7.04. The minimum atomic E-state index is -2.85. The molecule has 3 N–H and O–H groups in total. The highest BCUT2D eigenvalue weighted by Gasteiger charge is 2.28. The van der Waals surface area contributed by atoms with E-state index in [1.807, 2.05) is 0 Å². The van der Waals surface area contributed by atoms with Crippen LogP contribution < -0.4 is 11.1 Å². The van der Waals surface area contributed by atoms with E-state index in [1.54, 1.807) is 0 Å². The third-order valence-electron chi connectivity index (χ3n) is 3.05. The molecule has 0 aromatic heterocycles. The second kappa shape index (κ2) is 5.82. The van der Waals surface area contributed by atoms with Gasteiger partial charge in [-0.1, -0.05) is 6.42 Å². The number of hydrogen-bond acceptors (Lipinski definition) is 4. The van der Waals surface area contributed by atoms with Crippen molar-refractivity contribution in [3.8, 4) is 0 Å². The van der Waals surface area contributed by atoms with Crippen molar-refractivity contribution < 1.29 is 8.42 Å². The maximum absolute atomic E-state index is 11.4. The van der Waals surface area contributed by atoms with E-state index >= 15 is 0 Å². The smallest absolute Gasteiger partial charge is 0.150 e. The zero-order chi connectivity index (χ0) is 11.3. The summed E-state index contributed by atoms with van der Waals surface area (Å²) in [5.41, 5.74) is 5.40. The molecule has 5 heteroatoms. The van der Waals surface area contributed by atoms with E-state index in [2.05, 4.69) is 5.32 Å². The van der Waals surface area contributed by atoms with Gasteiger partial charge in [-0.25, -0.2) is 8.42 Å². The third kappa shape index (κ3) is 4.49. The Hall–Kier alpha value is -0.130. The lowest BCUT2D eigenvalue weighted by atomic mass is 9.95. The predicted molar refractivity (Wildman–Crippen MR) is 62.6 cm³/mol. The van der Waals surface area contributed by atoms with Gasteiger partial charge in [0.1, 0.15) is 9.84 Å². The van der Waals surface area contributed by atoms with Crippen molar-refractivity contribution in [1.82, 2.24) is 5.32 Å². The average molecular weight is 234 g/mol. The van der Waals surface area contributed by atoms with Crippen molar-refractivity contribution in [2.75, 3.05) is 19.3 Å². The molecule has 0 amide bonds. The molecule has 1 aliphatic carbocycles. The molecule has 0 aliphatic heterocycles. The molecule has 1 saturated carbocycles. The summed E-state index contributed by atoms with van der Waals surface area (Å²) in [6.45, 7) is 1.59. The van der Waals surface area contributed by atoms with Crippen LogP contribution in [0.4, 0.5) is 0 Å². The normalized spacial score (nSPS) is 27.9. The number of rotatable bonds is 5. The lowest BCUT2D eigenvalue weighted by molar-refractivity contribution is 0.371. The Morgan fingerprint density at radius 3 is 2.73 bits per heavy atom. The van der Waals surface area contributed by atoms with Crippen molar-refractivity contribution in [2.45, 2.75) is 43.4 Å². The number of nitrogens with two attached hydrogens (primary N) is 1. The summed E-state index contributed by atoms with van der Waals surface area (Å²) in [5.74, 6) is 0. The average Bonchev–Trinajstić information content (AvgIpc) is 2.17. The molecule has 0 heterocycles. The highest BCUT2D eigenvalue weighted by Crippen LogP contribution is 2.23. The predicted octanol–water partition coefficient (Wildman–Crippen LogP) is 0.281. The SMILES string of the molecule is CS(=O)(=O)C1CCCC(NCCCN)C1. The van der Waals surface area contributed by atoms with Gasteiger partial charge in [0.25, 0.3) is 0 Å². The fraction of sp³-hybridized carbons (Fsp3) is 1.00. The Labute approximate surface area is 92.5 Å². The molecule has 0 radical (unpaired) electrons. The quantitative estimate of drug-likeness (QED) is 0.670. The molecular weight excluding hydrogens is 212 g/mol. The second-order valence-corrected chi connectivity index (χ2v) is 6.74. The van der Waals surface area contributed by atoms with E-state index in [0.29, 0.717) is 12.6 Å². The van der Waals surface area contributed by atoms with Crippen LogP contribution in [-0.4, -0.2) is 39.1 Å². The molecule has 0 aromatic rings. The van der Waals surface area contributed by atoms with Crippen LogP contribution in [-0.2, 0) is 9.84 Å². The van der Waals surface area contributed by atoms with E-state index in [0.717, 1.165) is 38.6 Å². The summed E-state index contributed by atoms with van der Waals surface area (Å²) < 4.78 is 22.8. The summed E-state index contributed by atoms with van der Waals surface area (Å²) >= 11 is 0. The van der Waals surface area contributed by atoms with Crippen molar-refractivity contribution in [3.05, 3.63) is 0 Å². The van der Waals surface area contributed by atoms with E-state index in [9.17, 15) is 8.42 Å². The molecule has 4 nitrogen and oxygen atoms in total. The highest BCUT2D eigenvalue weighted by molar-refractivity contribution is 7.91. The number of sulfone groups is 1. The zero-order valence-electron chi connectivity index (χ0n) is 9.41. The standard InChI is InChI=1S/C10H22N2O2S/c1-15(13,14)10-5-2-4-9(8-10)12-7-3-6-11/h9-10,12H,2-8,11H2,1H3. The van der Waals surface area contributed by atoms with Crippen LogP contribution in [0.1, 0.15) is 32.1 Å². The first-order valence-electron chi connectivity index (χ1n) is 5.66. The summed E-state index contributed by atoms with van der Waals surface area (Å²) in [6, 6.07) is 0.366. The third-order valence-corrected chi connectivity index (χ3v) is 4.68. The molecule has 0 spiro atoms. The zero-order valence-corrected chi connectivity index (χ0v) is 10.2. The van der Waals surface area contributed by atoms with Crippen molar-refractivity contribution in [3.63, 3.8) is 0 Å². The van der Waals surface area contributed by atoms with Gasteiger partial charge in [-0.05, 0) is 38.8 Å². The first kappa shape index (κ1) is 12.9. The van der Waals surface area contributed by atoms with E-state index in [1.165, 1.54) is 6.26 Å². The van der Waals surface area contributed by atoms with Gasteiger partial charge < -0.3 is 11.1 Å². The Morgan fingerprint density at radius 1 is 1.40 bits per heavy atom. The summed E-state index contributed by atoms with van der Waals surface area (Å²) in [4.78, 5) is 0. The van der Waals surface area contributed by atoms with Gasteiger partial charge in [-0.15, -0.1) is 0 Å². The van der Waals surface area contributed by atoms with Gasteiger partial charge in [0.15, 0.2) is 0 Å². The van der Waals surface area contributed by atoms with Gasteiger partial charge in [-0.3, -0.25) is 0 Å². The molecule has 15 heavy (non-hydrogen) atoms. The second-order valence-electron chi connectivity index (χ2n) is 4.41. The minimum absolute atomic E-state index is 0.137. The first-order valence-corrected chi connectivity index (χ1v) is 7.62. The fourth-order valence-electron chi connectivity index (χ4n) is 2.13. The molecule has 90 valence electrons. The van der Waals surface area contributed by atoms with E-state index < -0.39 is 9.84 Å². The van der Waals surface area contributed by atoms with Crippen LogP contribution in [0, 0.1) is 0 Å². The molecule has 0 bridgehead atoms. The fourth-order valence-corrected chi connectivity index (χ4v) is 3.30. The number of hydrogen-bond donors (Lipinski definition) is 2. The lowest BCUT2D eigenvalue weighted by Gasteiger charge is -2.28. The number of nitrogens with one attached hydrogen (secondary N) is 1. The van der Waals surface area contributed by atoms with Gasteiger partial charge in [0, 0.05) is 12.3 Å². The van der Waals surface area contributed by atoms with Gasteiger partial charge in [0.05, 0.1) is 5.25 Å². The summed E-state index contributed by atoms with van der Waals surface area (Å²) in [6.07, 6.45) is 6.01. The lowest BCUT2D eigenvalue weighted by Crippen LogP contribution is -2.39. The molecular formula is C10H22N2O2S. The molecule has 1 rings (SSSR count). The van der Waals surface area contributed by atoms with Crippen molar-refractivity contribution in [2.24, 2.45) is 5.73 Å². The minimum Gasteiger partial charge on any atom is -0.330 e. The summed E-state index contributed by atoms with van der Waals surface area (Å²) in [7, 11) is -2.85. The topological polar surface area (TPSA) is 72.2 Å². The monoisotopic (exact) mass is 234 g/mol. The van der Waals surface area contributed by atoms with Crippen LogP contribution in [0.3, 0.4) is 0 Å². The molecule has 1 aliphatic rings. The Balaban J connectivity index is 2.36. The van der Waals surface area contributed by atoms with Crippen molar-refractivity contribution in [1.29, 1.82) is 0 Å².